The van der Waals surface area contributed by atoms with Gasteiger partial charge in [0.25, 0.3) is 0 Å². The Morgan fingerprint density at radius 3 is 2.16 bits per heavy atom. The molecule has 4 aromatic rings. The summed E-state index contributed by atoms with van der Waals surface area (Å²) in [6, 6.07) is 19.6. The Hall–Kier alpha value is -3.32. The number of carboxylic acids is 1. The lowest BCUT2D eigenvalue weighted by molar-refractivity contribution is 0.0697. The van der Waals surface area contributed by atoms with Gasteiger partial charge in [0, 0.05) is 34.9 Å². The van der Waals surface area contributed by atoms with Crippen LogP contribution in [0.1, 0.15) is 34.2 Å². The Kier molecular flexibility index (Phi) is 5.95. The van der Waals surface area contributed by atoms with Gasteiger partial charge < -0.3 is 14.2 Å². The molecule has 0 radical (unpaired) electrons. The van der Waals surface area contributed by atoms with Crippen molar-refractivity contribution >= 4 is 17.7 Å². The number of aromatic carboxylic acids is 1. The molecule has 0 unspecified atom stereocenters. The van der Waals surface area contributed by atoms with Gasteiger partial charge in [-0.05, 0) is 74.9 Å². The van der Waals surface area contributed by atoms with E-state index >= 15 is 0 Å². The molecule has 0 bridgehead atoms. The van der Waals surface area contributed by atoms with Crippen molar-refractivity contribution in [3.63, 3.8) is 0 Å². The van der Waals surface area contributed by atoms with E-state index in [9.17, 15) is 4.79 Å². The topological polar surface area (TPSA) is 72.9 Å². The van der Waals surface area contributed by atoms with Crippen molar-refractivity contribution in [3.05, 3.63) is 83.2 Å². The van der Waals surface area contributed by atoms with Crippen LogP contribution in [0.2, 0.25) is 0 Å². The number of hydrogen-bond donors (Lipinski definition) is 1. The second-order valence-corrected chi connectivity index (χ2v) is 8.28. The Balaban J connectivity index is 1.53. The molecule has 0 spiro atoms. The molecule has 31 heavy (non-hydrogen) atoms. The zero-order valence-electron chi connectivity index (χ0n) is 17.7. The lowest BCUT2D eigenvalue weighted by atomic mass is 10.1. The zero-order valence-corrected chi connectivity index (χ0v) is 18.6. The van der Waals surface area contributed by atoms with Gasteiger partial charge in [-0.1, -0.05) is 23.9 Å². The lowest BCUT2D eigenvalue weighted by Crippen LogP contribution is -2.01. The molecule has 0 saturated carbocycles. The quantitative estimate of drug-likeness (QED) is 0.398. The molecule has 2 aromatic carbocycles. The molecule has 4 rings (SSSR count). The molecule has 0 aliphatic heterocycles. The minimum atomic E-state index is -0.914. The van der Waals surface area contributed by atoms with Gasteiger partial charge in [0.1, 0.15) is 0 Å². The molecule has 0 fully saturated rings. The van der Waals surface area contributed by atoms with Gasteiger partial charge >= 0.3 is 5.97 Å². The van der Waals surface area contributed by atoms with Gasteiger partial charge in [-0.3, -0.25) is 0 Å². The molecule has 158 valence electrons. The third-order valence-corrected chi connectivity index (χ3v) is 6.29. The van der Waals surface area contributed by atoms with Crippen LogP contribution in [0.25, 0.3) is 17.1 Å². The van der Waals surface area contributed by atoms with Crippen molar-refractivity contribution in [1.82, 2.24) is 19.3 Å². The fourth-order valence-electron chi connectivity index (χ4n) is 3.62. The van der Waals surface area contributed by atoms with Crippen molar-refractivity contribution in [3.8, 4) is 17.1 Å². The summed E-state index contributed by atoms with van der Waals surface area (Å²) >= 11 is 1.60. The number of aromatic nitrogens is 4. The number of carbonyl (C=O) groups is 1. The van der Waals surface area contributed by atoms with Gasteiger partial charge in [0.15, 0.2) is 11.0 Å². The van der Waals surface area contributed by atoms with Gasteiger partial charge in [-0.15, -0.1) is 10.2 Å². The summed E-state index contributed by atoms with van der Waals surface area (Å²) in [6.07, 6.45) is 0. The Bertz CT molecular complexity index is 1190. The Labute approximate surface area is 185 Å². The summed E-state index contributed by atoms with van der Waals surface area (Å²) in [5.41, 5.74) is 5.91. The molecule has 1 N–H and O–H groups in total. The van der Waals surface area contributed by atoms with Gasteiger partial charge in [0.2, 0.25) is 0 Å². The highest BCUT2D eigenvalue weighted by Crippen LogP contribution is 2.27. The molecule has 0 aliphatic carbocycles. The van der Waals surface area contributed by atoms with Crippen LogP contribution in [0.4, 0.5) is 0 Å². The third-order valence-electron chi connectivity index (χ3n) is 5.26. The van der Waals surface area contributed by atoms with E-state index in [1.54, 1.807) is 23.9 Å². The van der Waals surface area contributed by atoms with Crippen LogP contribution in [0.5, 0.6) is 0 Å². The largest absolute Gasteiger partial charge is 0.478 e. The van der Waals surface area contributed by atoms with E-state index in [0.717, 1.165) is 34.3 Å². The molecule has 0 saturated heterocycles. The summed E-state index contributed by atoms with van der Waals surface area (Å²) in [5.74, 6) is 0.629. The number of aryl methyl sites for hydroxylation is 2. The van der Waals surface area contributed by atoms with Crippen LogP contribution in [0, 0.1) is 13.8 Å². The summed E-state index contributed by atoms with van der Waals surface area (Å²) in [4.78, 5) is 11.0. The van der Waals surface area contributed by atoms with Crippen LogP contribution in [0.3, 0.4) is 0 Å². The average molecular weight is 433 g/mol. The van der Waals surface area contributed by atoms with Crippen molar-refractivity contribution in [2.24, 2.45) is 0 Å². The second-order valence-electron chi connectivity index (χ2n) is 7.34. The molecule has 0 aliphatic rings. The van der Waals surface area contributed by atoms with E-state index in [1.165, 1.54) is 11.4 Å². The lowest BCUT2D eigenvalue weighted by Gasteiger charge is -2.11. The van der Waals surface area contributed by atoms with E-state index < -0.39 is 5.97 Å². The second kappa shape index (κ2) is 8.81. The van der Waals surface area contributed by atoms with E-state index in [4.69, 9.17) is 5.11 Å². The normalized spacial score (nSPS) is 11.1. The zero-order chi connectivity index (χ0) is 22.0. The number of thioether (sulfide) groups is 1. The molecular formula is C24H24N4O2S. The standard InChI is InChI=1S/C24H24N4O2S/c1-4-27-22(19-11-13-21(14-12-19)28-16(2)5-6-17(28)3)25-26-24(27)31-15-18-7-9-20(10-8-18)23(29)30/h5-14H,4,15H2,1-3H3,(H,29,30). The smallest absolute Gasteiger partial charge is 0.335 e. The molecule has 7 heteroatoms. The predicted molar refractivity (Wildman–Crippen MR) is 123 cm³/mol. The van der Waals surface area contributed by atoms with Crippen LogP contribution in [0.15, 0.2) is 65.8 Å². The van der Waals surface area contributed by atoms with Crippen LogP contribution < -0.4 is 0 Å². The first-order valence-electron chi connectivity index (χ1n) is 10.1. The fraction of sp³-hybridized carbons (Fsp3) is 0.208. The van der Waals surface area contributed by atoms with Crippen molar-refractivity contribution in [2.75, 3.05) is 0 Å². The maximum absolute atomic E-state index is 11.0. The monoisotopic (exact) mass is 432 g/mol. The summed E-state index contributed by atoms with van der Waals surface area (Å²) < 4.78 is 4.34. The van der Waals surface area contributed by atoms with E-state index in [-0.39, 0.29) is 0 Å². The van der Waals surface area contributed by atoms with Crippen molar-refractivity contribution in [2.45, 2.75) is 38.2 Å². The SMILES string of the molecule is CCn1c(SCc2ccc(C(=O)O)cc2)nnc1-c1ccc(-n2c(C)ccc2C)cc1. The van der Waals surface area contributed by atoms with Gasteiger partial charge in [-0.25, -0.2) is 4.79 Å². The molecule has 0 atom stereocenters. The van der Waals surface area contributed by atoms with Crippen molar-refractivity contribution in [1.29, 1.82) is 0 Å². The third kappa shape index (κ3) is 4.27. The first-order chi connectivity index (χ1) is 15.0. The highest BCUT2D eigenvalue weighted by Gasteiger charge is 2.14. The van der Waals surface area contributed by atoms with Gasteiger partial charge in [0.05, 0.1) is 5.56 Å². The maximum Gasteiger partial charge on any atom is 0.335 e. The Morgan fingerprint density at radius 1 is 0.935 bits per heavy atom. The number of rotatable bonds is 7. The summed E-state index contributed by atoms with van der Waals surface area (Å²) in [5, 5.41) is 18.7. The van der Waals surface area contributed by atoms with E-state index in [0.29, 0.717) is 11.3 Å². The number of benzene rings is 2. The number of nitrogens with zero attached hydrogens (tertiary/aromatic N) is 4. The highest BCUT2D eigenvalue weighted by molar-refractivity contribution is 7.98. The average Bonchev–Trinajstić information content (AvgIpc) is 3.35. The molecule has 2 aromatic heterocycles. The molecule has 0 amide bonds. The minimum Gasteiger partial charge on any atom is -0.478 e. The fourth-order valence-corrected chi connectivity index (χ4v) is 4.58. The number of hydrogen-bond acceptors (Lipinski definition) is 4. The highest BCUT2D eigenvalue weighted by atomic mass is 32.2. The van der Waals surface area contributed by atoms with Crippen LogP contribution in [-0.2, 0) is 12.3 Å². The summed E-state index contributed by atoms with van der Waals surface area (Å²) in [7, 11) is 0. The first kappa shape index (κ1) is 20.9. The maximum atomic E-state index is 11.0. The van der Waals surface area contributed by atoms with Crippen LogP contribution in [-0.4, -0.2) is 30.4 Å². The minimum absolute atomic E-state index is 0.293. The molecule has 6 nitrogen and oxygen atoms in total. The first-order valence-corrected chi connectivity index (χ1v) is 11.1. The Morgan fingerprint density at radius 2 is 1.58 bits per heavy atom. The summed E-state index contributed by atoms with van der Waals surface area (Å²) in [6.45, 7) is 7.06. The van der Waals surface area contributed by atoms with Crippen LogP contribution >= 0.6 is 11.8 Å². The molecular weight excluding hydrogens is 408 g/mol. The van der Waals surface area contributed by atoms with Gasteiger partial charge in [-0.2, -0.15) is 0 Å². The van der Waals surface area contributed by atoms with E-state index in [2.05, 4.69) is 76.5 Å². The van der Waals surface area contributed by atoms with Crippen molar-refractivity contribution < 1.29 is 9.90 Å². The number of carboxylic acid groups (broad SMARTS) is 1. The van der Waals surface area contributed by atoms with E-state index in [1.807, 2.05) is 12.1 Å². The predicted octanol–water partition coefficient (Wildman–Crippen LogP) is 5.36. The molecule has 2 heterocycles.